The lowest BCUT2D eigenvalue weighted by molar-refractivity contribution is -0.129. The summed E-state index contributed by atoms with van der Waals surface area (Å²) in [5, 5.41) is 10.7. The molecule has 7 heteroatoms. The smallest absolute Gasteiger partial charge is 0.290 e. The monoisotopic (exact) mass is 426 g/mol. The second-order valence-electron chi connectivity index (χ2n) is 7.98. The van der Waals surface area contributed by atoms with Gasteiger partial charge >= 0.3 is 0 Å². The molecule has 1 N–H and O–H groups in total. The van der Waals surface area contributed by atoms with Crippen LogP contribution in [-0.2, 0) is 4.79 Å². The SMILES string of the molecule is CCCOc1cccc([C@H]2C(C(=O)c3ccc(C)o3)=C(O)C(=O)N2CCCN(C)C)c1. The average Bonchev–Trinajstić information content (AvgIpc) is 3.28. The number of aliphatic hydroxyl groups excluding tert-OH is 1. The van der Waals surface area contributed by atoms with Gasteiger partial charge in [0, 0.05) is 6.54 Å². The summed E-state index contributed by atoms with van der Waals surface area (Å²) in [7, 11) is 3.92. The van der Waals surface area contributed by atoms with Crippen LogP contribution in [0.25, 0.3) is 0 Å². The second-order valence-corrected chi connectivity index (χ2v) is 7.98. The van der Waals surface area contributed by atoms with E-state index in [0.717, 1.165) is 13.0 Å². The summed E-state index contributed by atoms with van der Waals surface area (Å²) >= 11 is 0. The Kier molecular flexibility index (Phi) is 7.17. The van der Waals surface area contributed by atoms with E-state index in [0.29, 0.717) is 36.6 Å². The van der Waals surface area contributed by atoms with Crippen LogP contribution in [0.5, 0.6) is 5.75 Å². The van der Waals surface area contributed by atoms with E-state index in [1.807, 2.05) is 50.2 Å². The molecule has 0 radical (unpaired) electrons. The van der Waals surface area contributed by atoms with Crippen molar-refractivity contribution in [2.45, 2.75) is 32.7 Å². The van der Waals surface area contributed by atoms with Gasteiger partial charge in [-0.15, -0.1) is 0 Å². The Balaban J connectivity index is 2.00. The third kappa shape index (κ3) is 4.99. The number of Topliss-reactive ketones (excluding diaryl/α,β-unsaturated/α-hetero) is 1. The number of rotatable bonds is 10. The third-order valence-electron chi connectivity index (χ3n) is 5.16. The number of aryl methyl sites for hydroxylation is 1. The number of aliphatic hydroxyl groups is 1. The molecule has 1 amide bonds. The van der Waals surface area contributed by atoms with E-state index in [9.17, 15) is 14.7 Å². The van der Waals surface area contributed by atoms with E-state index < -0.39 is 23.5 Å². The Labute approximate surface area is 182 Å². The fourth-order valence-corrected chi connectivity index (χ4v) is 3.70. The van der Waals surface area contributed by atoms with Crippen molar-refractivity contribution in [2.24, 2.45) is 0 Å². The first-order valence-corrected chi connectivity index (χ1v) is 10.6. The van der Waals surface area contributed by atoms with Crippen molar-refractivity contribution in [3.05, 3.63) is 64.8 Å². The van der Waals surface area contributed by atoms with Crippen LogP contribution in [0.4, 0.5) is 0 Å². The molecule has 1 aliphatic heterocycles. The molecule has 2 aromatic rings. The minimum atomic E-state index is -0.710. The van der Waals surface area contributed by atoms with Crippen LogP contribution in [0.3, 0.4) is 0 Å². The molecule has 0 spiro atoms. The lowest BCUT2D eigenvalue weighted by Gasteiger charge is -2.27. The van der Waals surface area contributed by atoms with Gasteiger partial charge in [-0.05, 0) is 70.2 Å². The summed E-state index contributed by atoms with van der Waals surface area (Å²) in [5.41, 5.74) is 0.749. The second kappa shape index (κ2) is 9.83. The fraction of sp³-hybridized carbons (Fsp3) is 0.417. The maximum Gasteiger partial charge on any atom is 0.290 e. The largest absolute Gasteiger partial charge is 0.503 e. The fourth-order valence-electron chi connectivity index (χ4n) is 3.70. The minimum Gasteiger partial charge on any atom is -0.503 e. The Bertz CT molecular complexity index is 976. The number of carbonyl (C=O) groups is 2. The standard InChI is InChI=1S/C24H30N2O5/c1-5-14-30-18-9-6-8-17(15-18)21-20(22(27)19-11-10-16(2)31-19)23(28)24(29)26(21)13-7-12-25(3)4/h6,8-11,15,21,28H,5,7,12-14H2,1-4H3/t21-/m0/s1. The molecule has 1 aliphatic rings. The zero-order valence-corrected chi connectivity index (χ0v) is 18.6. The molecule has 1 aromatic carbocycles. The van der Waals surface area contributed by atoms with E-state index >= 15 is 0 Å². The van der Waals surface area contributed by atoms with Gasteiger partial charge < -0.3 is 24.1 Å². The predicted molar refractivity (Wildman–Crippen MR) is 117 cm³/mol. The number of hydrogen-bond acceptors (Lipinski definition) is 6. The number of hydrogen-bond donors (Lipinski definition) is 1. The summed E-state index contributed by atoms with van der Waals surface area (Å²) in [6.07, 6.45) is 1.57. The Morgan fingerprint density at radius 2 is 2.03 bits per heavy atom. The number of benzene rings is 1. The molecular formula is C24H30N2O5. The van der Waals surface area contributed by atoms with E-state index in [1.165, 1.54) is 0 Å². The number of amides is 1. The van der Waals surface area contributed by atoms with E-state index in [2.05, 4.69) is 0 Å². The van der Waals surface area contributed by atoms with Crippen LogP contribution in [0.2, 0.25) is 0 Å². The van der Waals surface area contributed by atoms with Crippen LogP contribution in [0.15, 0.2) is 52.1 Å². The van der Waals surface area contributed by atoms with Gasteiger partial charge in [0.15, 0.2) is 11.5 Å². The number of nitrogens with zero attached hydrogens (tertiary/aromatic N) is 2. The van der Waals surface area contributed by atoms with Gasteiger partial charge in [-0.3, -0.25) is 9.59 Å². The first-order valence-electron chi connectivity index (χ1n) is 10.6. The van der Waals surface area contributed by atoms with Crippen LogP contribution < -0.4 is 4.74 Å². The number of ketones is 1. The highest BCUT2D eigenvalue weighted by Crippen LogP contribution is 2.40. The number of furan rings is 1. The van der Waals surface area contributed by atoms with Crippen molar-refractivity contribution < 1.29 is 23.8 Å². The van der Waals surface area contributed by atoms with Gasteiger partial charge in [0.05, 0.1) is 18.2 Å². The lowest BCUT2D eigenvalue weighted by atomic mass is 9.95. The minimum absolute atomic E-state index is 0.0387. The molecule has 3 rings (SSSR count). The topological polar surface area (TPSA) is 83.2 Å². The van der Waals surface area contributed by atoms with E-state index in [4.69, 9.17) is 9.15 Å². The Morgan fingerprint density at radius 1 is 1.26 bits per heavy atom. The summed E-state index contributed by atoms with van der Waals surface area (Å²) in [5.74, 6) is -0.206. The van der Waals surface area contributed by atoms with Crippen LogP contribution >= 0.6 is 0 Å². The molecule has 2 heterocycles. The van der Waals surface area contributed by atoms with Crippen molar-refractivity contribution in [2.75, 3.05) is 33.8 Å². The van der Waals surface area contributed by atoms with Crippen LogP contribution in [0.1, 0.15) is 47.7 Å². The third-order valence-corrected chi connectivity index (χ3v) is 5.16. The highest BCUT2D eigenvalue weighted by atomic mass is 16.5. The van der Waals surface area contributed by atoms with Gasteiger partial charge in [-0.25, -0.2) is 0 Å². The molecule has 166 valence electrons. The molecule has 0 unspecified atom stereocenters. The molecule has 7 nitrogen and oxygen atoms in total. The van der Waals surface area contributed by atoms with Gasteiger partial charge in [0.25, 0.3) is 5.91 Å². The molecule has 31 heavy (non-hydrogen) atoms. The van der Waals surface area contributed by atoms with Crippen LogP contribution in [0, 0.1) is 6.92 Å². The van der Waals surface area contributed by atoms with Crippen molar-refractivity contribution in [3.8, 4) is 5.75 Å². The molecule has 0 fully saturated rings. The lowest BCUT2D eigenvalue weighted by Crippen LogP contribution is -2.33. The summed E-state index contributed by atoms with van der Waals surface area (Å²) < 4.78 is 11.2. The zero-order chi connectivity index (χ0) is 22.5. The van der Waals surface area contributed by atoms with E-state index in [-0.39, 0.29) is 11.3 Å². The molecule has 0 saturated carbocycles. The summed E-state index contributed by atoms with van der Waals surface area (Å²) in [4.78, 5) is 29.8. The highest BCUT2D eigenvalue weighted by Gasteiger charge is 2.44. The van der Waals surface area contributed by atoms with Crippen molar-refractivity contribution in [1.29, 1.82) is 0 Å². The molecule has 0 bridgehead atoms. The summed E-state index contributed by atoms with van der Waals surface area (Å²) in [6.45, 7) is 5.51. The van der Waals surface area contributed by atoms with Gasteiger partial charge in [-0.2, -0.15) is 0 Å². The van der Waals surface area contributed by atoms with E-state index in [1.54, 1.807) is 24.0 Å². The van der Waals surface area contributed by atoms with Gasteiger partial charge in [0.2, 0.25) is 5.78 Å². The van der Waals surface area contributed by atoms with Crippen molar-refractivity contribution in [1.82, 2.24) is 9.80 Å². The predicted octanol–water partition coefficient (Wildman–Crippen LogP) is 3.91. The Morgan fingerprint density at radius 3 is 2.68 bits per heavy atom. The zero-order valence-electron chi connectivity index (χ0n) is 18.6. The molecule has 0 aliphatic carbocycles. The maximum atomic E-state index is 13.3. The molecule has 1 atom stereocenters. The van der Waals surface area contributed by atoms with Crippen molar-refractivity contribution in [3.63, 3.8) is 0 Å². The number of carbonyl (C=O) groups excluding carboxylic acids is 2. The maximum absolute atomic E-state index is 13.3. The first-order chi connectivity index (χ1) is 14.8. The van der Waals surface area contributed by atoms with Gasteiger partial charge in [0.1, 0.15) is 11.5 Å². The van der Waals surface area contributed by atoms with Gasteiger partial charge in [-0.1, -0.05) is 19.1 Å². The normalized spacial score (nSPS) is 16.5. The molecule has 0 saturated heterocycles. The average molecular weight is 427 g/mol. The number of ether oxygens (including phenoxy) is 1. The quantitative estimate of drug-likeness (QED) is 0.580. The van der Waals surface area contributed by atoms with Crippen LogP contribution in [-0.4, -0.2) is 60.4 Å². The summed E-state index contributed by atoms with van der Waals surface area (Å²) in [6, 6.07) is 9.88. The molecular weight excluding hydrogens is 396 g/mol. The highest BCUT2D eigenvalue weighted by molar-refractivity contribution is 6.15. The Hall–Kier alpha value is -3.06. The molecule has 1 aromatic heterocycles. The van der Waals surface area contributed by atoms with Crippen molar-refractivity contribution >= 4 is 11.7 Å². The first kappa shape index (κ1) is 22.6.